The second-order valence-corrected chi connectivity index (χ2v) is 9.87. The second kappa shape index (κ2) is 11.0. The molecular formula is C26H33F5O3. The van der Waals surface area contributed by atoms with Gasteiger partial charge in [-0.2, -0.15) is 22.0 Å². The number of carbonyl (C=O) groups is 1. The highest BCUT2D eigenvalue weighted by Crippen LogP contribution is 2.39. The maximum absolute atomic E-state index is 12.8. The van der Waals surface area contributed by atoms with Crippen LogP contribution < -0.4 is 0 Å². The molecule has 190 valence electrons. The van der Waals surface area contributed by atoms with Crippen molar-refractivity contribution in [1.29, 1.82) is 0 Å². The van der Waals surface area contributed by atoms with Crippen LogP contribution in [0.4, 0.5) is 22.0 Å². The summed E-state index contributed by atoms with van der Waals surface area (Å²) in [5.41, 5.74) is 2.27. The molecule has 0 amide bonds. The largest absolute Gasteiger partial charge is 0.457 e. The third-order valence-electron chi connectivity index (χ3n) is 6.21. The standard InChI is InChI=1S/C26H33F5O3/c1-6-24(4,5)13-22(17(2)3)21-10-9-19-11-18(7-8-20(19)12-21)14-33-15-23(32)34-16-25(27,28)26(29,30)31/h7-12,17,22H,6,13-16H2,1-5H3. The van der Waals surface area contributed by atoms with Gasteiger partial charge in [0.25, 0.3) is 0 Å². The third-order valence-corrected chi connectivity index (χ3v) is 6.21. The summed E-state index contributed by atoms with van der Waals surface area (Å²) >= 11 is 0. The summed E-state index contributed by atoms with van der Waals surface area (Å²) in [6, 6.07) is 12.0. The van der Waals surface area contributed by atoms with Crippen LogP contribution in [0.25, 0.3) is 10.8 Å². The maximum atomic E-state index is 12.8. The normalized spacial score (nSPS) is 14.0. The van der Waals surface area contributed by atoms with Crippen molar-refractivity contribution in [2.75, 3.05) is 13.2 Å². The van der Waals surface area contributed by atoms with Crippen molar-refractivity contribution in [3.05, 3.63) is 47.5 Å². The summed E-state index contributed by atoms with van der Waals surface area (Å²) < 4.78 is 71.1. The summed E-state index contributed by atoms with van der Waals surface area (Å²) in [5.74, 6) is -5.46. The zero-order valence-electron chi connectivity index (χ0n) is 20.3. The summed E-state index contributed by atoms with van der Waals surface area (Å²) in [6.07, 6.45) is -3.59. The quantitative estimate of drug-likeness (QED) is 0.241. The van der Waals surface area contributed by atoms with Crippen molar-refractivity contribution in [3.8, 4) is 0 Å². The Kier molecular flexibility index (Phi) is 9.08. The molecule has 0 heterocycles. The van der Waals surface area contributed by atoms with Crippen molar-refractivity contribution in [2.45, 2.75) is 72.1 Å². The van der Waals surface area contributed by atoms with Crippen LogP contribution in [0.3, 0.4) is 0 Å². The van der Waals surface area contributed by atoms with Gasteiger partial charge in [0, 0.05) is 0 Å². The fourth-order valence-corrected chi connectivity index (χ4v) is 3.66. The Morgan fingerprint density at radius 2 is 1.59 bits per heavy atom. The summed E-state index contributed by atoms with van der Waals surface area (Å²) in [7, 11) is 0. The molecule has 0 aliphatic rings. The first-order valence-corrected chi connectivity index (χ1v) is 11.4. The molecule has 0 N–H and O–H groups in total. The minimum absolute atomic E-state index is 0.0121. The number of ether oxygens (including phenoxy) is 2. The number of halogens is 5. The molecular weight excluding hydrogens is 455 g/mol. The van der Waals surface area contributed by atoms with Gasteiger partial charge in [0.05, 0.1) is 6.61 Å². The third kappa shape index (κ3) is 7.65. The van der Waals surface area contributed by atoms with E-state index in [0.29, 0.717) is 11.8 Å². The maximum Gasteiger partial charge on any atom is 0.456 e. The second-order valence-electron chi connectivity index (χ2n) is 9.87. The van der Waals surface area contributed by atoms with Crippen molar-refractivity contribution >= 4 is 16.7 Å². The van der Waals surface area contributed by atoms with Crippen LogP contribution >= 0.6 is 0 Å². The lowest BCUT2D eigenvalue weighted by atomic mass is 9.74. The molecule has 0 aromatic heterocycles. The monoisotopic (exact) mass is 488 g/mol. The molecule has 0 bridgehead atoms. The number of hydrogen-bond acceptors (Lipinski definition) is 3. The van der Waals surface area contributed by atoms with E-state index in [0.717, 1.165) is 29.2 Å². The van der Waals surface area contributed by atoms with Gasteiger partial charge >= 0.3 is 18.1 Å². The molecule has 0 saturated heterocycles. The highest BCUT2D eigenvalue weighted by atomic mass is 19.4. The van der Waals surface area contributed by atoms with Crippen LogP contribution in [0.5, 0.6) is 0 Å². The Bertz CT molecular complexity index is 967. The van der Waals surface area contributed by atoms with E-state index in [2.05, 4.69) is 51.5 Å². The average molecular weight is 489 g/mol. The summed E-state index contributed by atoms with van der Waals surface area (Å²) in [6.45, 7) is 8.44. The van der Waals surface area contributed by atoms with E-state index in [4.69, 9.17) is 4.74 Å². The molecule has 0 aliphatic carbocycles. The van der Waals surface area contributed by atoms with Crippen LogP contribution in [0.2, 0.25) is 0 Å². The van der Waals surface area contributed by atoms with E-state index in [9.17, 15) is 26.7 Å². The zero-order chi connectivity index (χ0) is 25.7. The molecule has 0 radical (unpaired) electrons. The molecule has 0 aliphatic heterocycles. The lowest BCUT2D eigenvalue weighted by Crippen LogP contribution is -2.41. The van der Waals surface area contributed by atoms with Crippen LogP contribution in [0, 0.1) is 11.3 Å². The molecule has 1 atom stereocenters. The van der Waals surface area contributed by atoms with Gasteiger partial charge in [0.1, 0.15) is 6.61 Å². The molecule has 0 saturated carbocycles. The highest BCUT2D eigenvalue weighted by Gasteiger charge is 2.58. The van der Waals surface area contributed by atoms with Crippen molar-refractivity contribution in [2.24, 2.45) is 11.3 Å². The Balaban J connectivity index is 1.99. The van der Waals surface area contributed by atoms with E-state index in [1.165, 1.54) is 5.56 Å². The molecule has 3 nitrogen and oxygen atoms in total. The van der Waals surface area contributed by atoms with Crippen LogP contribution in [-0.4, -0.2) is 31.3 Å². The highest BCUT2D eigenvalue weighted by molar-refractivity contribution is 5.84. The van der Waals surface area contributed by atoms with Gasteiger partial charge in [-0.3, -0.25) is 0 Å². The minimum Gasteiger partial charge on any atom is -0.457 e. The van der Waals surface area contributed by atoms with Gasteiger partial charge in [0.15, 0.2) is 6.61 Å². The SMILES string of the molecule is CCC(C)(C)CC(c1ccc2cc(COCC(=O)OCC(F)(F)C(F)(F)F)ccc2c1)C(C)C. The fraction of sp³-hybridized carbons (Fsp3) is 0.577. The first-order valence-electron chi connectivity index (χ1n) is 11.4. The number of carbonyl (C=O) groups excluding carboxylic acids is 1. The van der Waals surface area contributed by atoms with Gasteiger partial charge in [-0.05, 0) is 51.6 Å². The first kappa shape index (κ1) is 28.0. The lowest BCUT2D eigenvalue weighted by molar-refractivity contribution is -0.294. The number of benzene rings is 2. The number of alkyl halides is 5. The number of rotatable bonds is 11. The molecule has 34 heavy (non-hydrogen) atoms. The summed E-state index contributed by atoms with van der Waals surface area (Å²) in [5, 5.41) is 2.05. The predicted molar refractivity (Wildman–Crippen MR) is 122 cm³/mol. The van der Waals surface area contributed by atoms with Crippen LogP contribution in [0.15, 0.2) is 36.4 Å². The molecule has 2 rings (SSSR count). The van der Waals surface area contributed by atoms with E-state index in [1.54, 1.807) is 0 Å². The average Bonchev–Trinajstić information content (AvgIpc) is 2.75. The van der Waals surface area contributed by atoms with Gasteiger partial charge in [-0.15, -0.1) is 0 Å². The van der Waals surface area contributed by atoms with Gasteiger partial charge in [-0.25, -0.2) is 4.79 Å². The molecule has 1 unspecified atom stereocenters. The molecule has 0 fully saturated rings. The number of esters is 1. The van der Waals surface area contributed by atoms with Gasteiger partial charge < -0.3 is 9.47 Å². The van der Waals surface area contributed by atoms with E-state index in [1.807, 2.05) is 24.3 Å². The molecule has 0 spiro atoms. The topological polar surface area (TPSA) is 35.5 Å². The Morgan fingerprint density at radius 1 is 0.971 bits per heavy atom. The van der Waals surface area contributed by atoms with E-state index >= 15 is 0 Å². The van der Waals surface area contributed by atoms with Crippen molar-refractivity contribution in [3.63, 3.8) is 0 Å². The van der Waals surface area contributed by atoms with Crippen molar-refractivity contribution < 1.29 is 36.2 Å². The van der Waals surface area contributed by atoms with Gasteiger partial charge in [-0.1, -0.05) is 71.4 Å². The van der Waals surface area contributed by atoms with Gasteiger partial charge in [0.2, 0.25) is 0 Å². The lowest BCUT2D eigenvalue weighted by Gasteiger charge is -2.31. The molecule has 2 aromatic carbocycles. The summed E-state index contributed by atoms with van der Waals surface area (Å²) in [4.78, 5) is 11.4. The van der Waals surface area contributed by atoms with Crippen LogP contribution in [-0.2, 0) is 20.9 Å². The first-order chi connectivity index (χ1) is 15.6. The Hall–Kier alpha value is -2.22. The van der Waals surface area contributed by atoms with E-state index in [-0.39, 0.29) is 12.0 Å². The minimum atomic E-state index is -5.78. The fourth-order valence-electron chi connectivity index (χ4n) is 3.66. The molecule has 2 aromatic rings. The predicted octanol–water partition coefficient (Wildman–Crippen LogP) is 7.66. The van der Waals surface area contributed by atoms with Crippen molar-refractivity contribution in [1.82, 2.24) is 0 Å². The zero-order valence-corrected chi connectivity index (χ0v) is 20.3. The Labute approximate surface area is 197 Å². The number of fused-ring (bicyclic) bond motifs is 1. The smallest absolute Gasteiger partial charge is 0.456 e. The number of hydrogen-bond donors (Lipinski definition) is 0. The molecule has 8 heteroatoms. The Morgan fingerprint density at radius 3 is 2.18 bits per heavy atom. The van der Waals surface area contributed by atoms with E-state index < -0.39 is 31.3 Å². The van der Waals surface area contributed by atoms with Crippen LogP contribution in [0.1, 0.15) is 64.5 Å².